The lowest BCUT2D eigenvalue weighted by Gasteiger charge is -2.11. The quantitative estimate of drug-likeness (QED) is 0.793. The first-order valence-electron chi connectivity index (χ1n) is 5.92. The van der Waals surface area contributed by atoms with E-state index < -0.39 is 17.8 Å². The predicted octanol–water partition coefficient (Wildman–Crippen LogP) is 4.18. The maximum atomic E-state index is 12.3. The van der Waals surface area contributed by atoms with E-state index in [1.807, 2.05) is 0 Å². The van der Waals surface area contributed by atoms with Crippen LogP contribution in [0.3, 0.4) is 0 Å². The van der Waals surface area contributed by atoms with Crippen LogP contribution in [0.1, 0.15) is 31.4 Å². The van der Waals surface area contributed by atoms with Gasteiger partial charge in [-0.3, -0.25) is 0 Å². The molecule has 0 heterocycles. The number of urea groups is 1. The molecule has 1 rings (SSSR count). The highest BCUT2D eigenvalue weighted by Gasteiger charge is 2.30. The molecule has 0 aliphatic heterocycles. The van der Waals surface area contributed by atoms with E-state index in [1.165, 1.54) is 26.5 Å². The Labute approximate surface area is 111 Å². The normalized spacial score (nSPS) is 10.3. The number of hydrogen-bond acceptors (Lipinski definition) is 1. The molecule has 0 aliphatic carbocycles. The molecule has 0 aliphatic rings. The molecule has 2 N–H and O–H groups in total. The van der Waals surface area contributed by atoms with Crippen molar-refractivity contribution in [1.82, 2.24) is 5.32 Å². The van der Waals surface area contributed by atoms with Crippen LogP contribution in [0.2, 0.25) is 0 Å². The number of halogens is 3. The molecule has 0 saturated heterocycles. The lowest BCUT2D eigenvalue weighted by molar-refractivity contribution is -0.137. The molecule has 19 heavy (non-hydrogen) atoms. The zero-order valence-electron chi connectivity index (χ0n) is 11.5. The van der Waals surface area contributed by atoms with Crippen LogP contribution in [0.15, 0.2) is 18.2 Å². The number of rotatable bonds is 1. The summed E-state index contributed by atoms with van der Waals surface area (Å²) in [4.78, 5) is 11.0. The Morgan fingerprint density at radius 2 is 1.79 bits per heavy atom. The Morgan fingerprint density at radius 1 is 1.26 bits per heavy atom. The first-order chi connectivity index (χ1) is 8.76. The Bertz CT molecular complexity index is 417. The summed E-state index contributed by atoms with van der Waals surface area (Å²) in [7, 11) is 1.43. The molecule has 2 amide bonds. The van der Waals surface area contributed by atoms with Crippen molar-refractivity contribution in [3.63, 3.8) is 0 Å². The lowest BCUT2D eigenvalue weighted by atomic mass is 10.1. The second kappa shape index (κ2) is 7.66. The SMILES string of the molecule is CCC.CNC(=O)Nc1ccc(C(F)(F)F)cc1C. The number of benzene rings is 1. The summed E-state index contributed by atoms with van der Waals surface area (Å²) in [5.74, 6) is 0. The van der Waals surface area contributed by atoms with E-state index in [9.17, 15) is 18.0 Å². The molecular weight excluding hydrogens is 257 g/mol. The maximum Gasteiger partial charge on any atom is 0.416 e. The third-order valence-electron chi connectivity index (χ3n) is 2.03. The minimum Gasteiger partial charge on any atom is -0.341 e. The number of carbonyl (C=O) groups excluding carboxylic acids is 1. The van der Waals surface area contributed by atoms with Crippen molar-refractivity contribution in [3.05, 3.63) is 29.3 Å². The van der Waals surface area contributed by atoms with Crippen molar-refractivity contribution in [2.75, 3.05) is 12.4 Å². The molecule has 0 saturated carbocycles. The minimum atomic E-state index is -4.36. The molecule has 108 valence electrons. The highest BCUT2D eigenvalue weighted by Crippen LogP contribution is 2.31. The fraction of sp³-hybridized carbons (Fsp3) is 0.462. The van der Waals surface area contributed by atoms with Gasteiger partial charge in [0.05, 0.1) is 5.56 Å². The van der Waals surface area contributed by atoms with E-state index in [-0.39, 0.29) is 0 Å². The molecule has 1 aromatic rings. The van der Waals surface area contributed by atoms with Gasteiger partial charge in [0.1, 0.15) is 0 Å². The largest absolute Gasteiger partial charge is 0.416 e. The summed E-state index contributed by atoms with van der Waals surface area (Å²) in [5, 5.41) is 4.73. The number of alkyl halides is 3. The van der Waals surface area contributed by atoms with Gasteiger partial charge in [-0.25, -0.2) is 4.79 Å². The Balaban J connectivity index is 0.000000982. The van der Waals surface area contributed by atoms with Gasteiger partial charge in [-0.1, -0.05) is 20.3 Å². The Morgan fingerprint density at radius 3 is 2.16 bits per heavy atom. The summed E-state index contributed by atoms with van der Waals surface area (Å²) in [6, 6.07) is 2.68. The van der Waals surface area contributed by atoms with Crippen molar-refractivity contribution in [3.8, 4) is 0 Å². The summed E-state index contributed by atoms with van der Waals surface area (Å²) in [6.45, 7) is 5.75. The molecule has 0 radical (unpaired) electrons. The lowest BCUT2D eigenvalue weighted by Crippen LogP contribution is -2.24. The van der Waals surface area contributed by atoms with Gasteiger partial charge < -0.3 is 10.6 Å². The predicted molar refractivity (Wildman–Crippen MR) is 70.2 cm³/mol. The van der Waals surface area contributed by atoms with Crippen LogP contribution in [0.4, 0.5) is 23.7 Å². The molecule has 0 spiro atoms. The van der Waals surface area contributed by atoms with E-state index in [2.05, 4.69) is 24.5 Å². The first kappa shape index (κ1) is 17.3. The third-order valence-corrected chi connectivity index (χ3v) is 2.03. The van der Waals surface area contributed by atoms with E-state index in [0.717, 1.165) is 12.1 Å². The number of carbonyl (C=O) groups is 1. The zero-order chi connectivity index (χ0) is 15.1. The maximum absolute atomic E-state index is 12.3. The average molecular weight is 276 g/mol. The fourth-order valence-electron chi connectivity index (χ4n) is 1.17. The monoisotopic (exact) mass is 276 g/mol. The fourth-order valence-corrected chi connectivity index (χ4v) is 1.17. The highest BCUT2D eigenvalue weighted by molar-refractivity contribution is 5.89. The molecule has 6 heteroatoms. The van der Waals surface area contributed by atoms with Crippen molar-refractivity contribution >= 4 is 11.7 Å². The topological polar surface area (TPSA) is 41.1 Å². The van der Waals surface area contributed by atoms with Gasteiger partial charge in [0, 0.05) is 12.7 Å². The zero-order valence-corrected chi connectivity index (χ0v) is 11.5. The molecule has 0 atom stereocenters. The summed E-state index contributed by atoms with van der Waals surface area (Å²) in [5.41, 5.74) is -0.0155. The van der Waals surface area contributed by atoms with Gasteiger partial charge in [-0.2, -0.15) is 13.2 Å². The minimum absolute atomic E-state index is 0.354. The first-order valence-corrected chi connectivity index (χ1v) is 5.92. The van der Waals surface area contributed by atoms with Crippen LogP contribution in [0, 0.1) is 6.92 Å². The van der Waals surface area contributed by atoms with E-state index >= 15 is 0 Å². The molecule has 0 aromatic heterocycles. The Kier molecular flexibility index (Phi) is 6.96. The summed E-state index contributed by atoms with van der Waals surface area (Å²) >= 11 is 0. The van der Waals surface area contributed by atoms with Crippen LogP contribution < -0.4 is 10.6 Å². The van der Waals surface area contributed by atoms with E-state index in [1.54, 1.807) is 0 Å². The van der Waals surface area contributed by atoms with Gasteiger partial charge in [0.15, 0.2) is 0 Å². The van der Waals surface area contributed by atoms with Crippen molar-refractivity contribution in [2.45, 2.75) is 33.4 Å². The van der Waals surface area contributed by atoms with Crippen LogP contribution in [-0.2, 0) is 6.18 Å². The number of hydrogen-bond donors (Lipinski definition) is 2. The van der Waals surface area contributed by atoms with Gasteiger partial charge in [-0.05, 0) is 30.7 Å². The Hall–Kier alpha value is -1.72. The second-order valence-corrected chi connectivity index (χ2v) is 3.94. The van der Waals surface area contributed by atoms with Crippen molar-refractivity contribution in [1.29, 1.82) is 0 Å². The van der Waals surface area contributed by atoms with Crippen LogP contribution in [-0.4, -0.2) is 13.1 Å². The van der Waals surface area contributed by atoms with E-state index in [4.69, 9.17) is 0 Å². The van der Waals surface area contributed by atoms with Crippen LogP contribution >= 0.6 is 0 Å². The standard InChI is InChI=1S/C10H11F3N2O.C3H8/c1-6-5-7(10(11,12)13)3-4-8(6)15-9(16)14-2;1-3-2/h3-5H,1-2H3,(H2,14,15,16);3H2,1-2H3. The number of amides is 2. The molecule has 3 nitrogen and oxygen atoms in total. The average Bonchev–Trinajstić information content (AvgIpc) is 2.31. The van der Waals surface area contributed by atoms with Crippen molar-refractivity contribution < 1.29 is 18.0 Å². The van der Waals surface area contributed by atoms with Crippen LogP contribution in [0.5, 0.6) is 0 Å². The van der Waals surface area contributed by atoms with Crippen LogP contribution in [0.25, 0.3) is 0 Å². The number of aryl methyl sites for hydroxylation is 1. The molecule has 1 aromatic carbocycles. The molecule has 0 fully saturated rings. The molecular formula is C13H19F3N2O. The van der Waals surface area contributed by atoms with Gasteiger partial charge in [0.2, 0.25) is 0 Å². The summed E-state index contributed by atoms with van der Waals surface area (Å²) in [6.07, 6.45) is -3.11. The second-order valence-electron chi connectivity index (χ2n) is 3.94. The van der Waals surface area contributed by atoms with Gasteiger partial charge >= 0.3 is 12.2 Å². The summed E-state index contributed by atoms with van der Waals surface area (Å²) < 4.78 is 37.0. The molecule has 0 bridgehead atoms. The van der Waals surface area contributed by atoms with Gasteiger partial charge in [-0.15, -0.1) is 0 Å². The van der Waals surface area contributed by atoms with Gasteiger partial charge in [0.25, 0.3) is 0 Å². The number of nitrogens with one attached hydrogen (secondary N) is 2. The number of anilines is 1. The van der Waals surface area contributed by atoms with E-state index in [0.29, 0.717) is 11.3 Å². The molecule has 0 unspecified atom stereocenters. The van der Waals surface area contributed by atoms with Crippen molar-refractivity contribution in [2.24, 2.45) is 0 Å². The highest BCUT2D eigenvalue weighted by atomic mass is 19.4. The third kappa shape index (κ3) is 6.13. The smallest absolute Gasteiger partial charge is 0.341 e.